The third kappa shape index (κ3) is 4.66. The molecule has 0 spiro atoms. The van der Waals surface area contributed by atoms with Gasteiger partial charge in [-0.05, 0) is 43.2 Å². The summed E-state index contributed by atoms with van der Waals surface area (Å²) in [7, 11) is 1.53. The quantitative estimate of drug-likeness (QED) is 0.663. The Morgan fingerprint density at radius 3 is 2.58 bits per heavy atom. The molecule has 0 bridgehead atoms. The van der Waals surface area contributed by atoms with Crippen molar-refractivity contribution in [2.45, 2.75) is 12.8 Å². The van der Waals surface area contributed by atoms with Crippen LogP contribution in [-0.4, -0.2) is 25.5 Å². The average molecular weight is 355 g/mol. The fourth-order valence-electron chi connectivity index (χ4n) is 2.41. The van der Waals surface area contributed by atoms with Crippen molar-refractivity contribution < 1.29 is 19.1 Å². The lowest BCUT2D eigenvalue weighted by Gasteiger charge is -2.11. The van der Waals surface area contributed by atoms with Gasteiger partial charge >= 0.3 is 0 Å². The topological polar surface area (TPSA) is 103 Å². The van der Waals surface area contributed by atoms with Crippen molar-refractivity contribution in [2.75, 3.05) is 30.1 Å². The molecular formula is C19H21N3O4. The number of nitrogens with one attached hydrogen (secondary N) is 2. The molecule has 1 fully saturated rings. The predicted molar refractivity (Wildman–Crippen MR) is 99.3 cm³/mol. The zero-order chi connectivity index (χ0) is 18.5. The van der Waals surface area contributed by atoms with E-state index in [1.807, 2.05) is 0 Å². The molecular weight excluding hydrogens is 334 g/mol. The SMILES string of the molecule is COc1ccc(NC(=O)COc2cccc(NC(=O)C3CC3)c2)cc1N. The van der Waals surface area contributed by atoms with Crippen molar-refractivity contribution >= 4 is 28.9 Å². The summed E-state index contributed by atoms with van der Waals surface area (Å²) in [5, 5.41) is 5.55. The van der Waals surface area contributed by atoms with E-state index in [1.54, 1.807) is 42.5 Å². The summed E-state index contributed by atoms with van der Waals surface area (Å²) in [6.07, 6.45) is 1.89. The zero-order valence-electron chi connectivity index (χ0n) is 14.5. The number of hydrogen-bond acceptors (Lipinski definition) is 5. The molecule has 0 heterocycles. The highest BCUT2D eigenvalue weighted by atomic mass is 16.5. The Morgan fingerprint density at radius 1 is 1.12 bits per heavy atom. The normalized spacial score (nSPS) is 13.0. The summed E-state index contributed by atoms with van der Waals surface area (Å²) in [6, 6.07) is 12.0. The third-order valence-corrected chi connectivity index (χ3v) is 3.93. The van der Waals surface area contributed by atoms with Crippen LogP contribution in [0.15, 0.2) is 42.5 Å². The first kappa shape index (κ1) is 17.6. The molecule has 136 valence electrons. The number of hydrogen-bond donors (Lipinski definition) is 3. The average Bonchev–Trinajstić information content (AvgIpc) is 3.46. The second kappa shape index (κ2) is 7.77. The predicted octanol–water partition coefficient (Wildman–Crippen LogP) is 2.64. The number of nitrogens with two attached hydrogens (primary N) is 1. The minimum absolute atomic E-state index is 0.0250. The molecule has 1 saturated carbocycles. The van der Waals surface area contributed by atoms with Crippen LogP contribution in [0.3, 0.4) is 0 Å². The summed E-state index contributed by atoms with van der Waals surface area (Å²) in [5.74, 6) is 0.883. The van der Waals surface area contributed by atoms with Gasteiger partial charge in [0, 0.05) is 23.4 Å². The molecule has 26 heavy (non-hydrogen) atoms. The Hall–Kier alpha value is -3.22. The number of carbonyl (C=O) groups excluding carboxylic acids is 2. The molecule has 3 rings (SSSR count). The summed E-state index contributed by atoms with van der Waals surface area (Å²) in [4.78, 5) is 23.8. The van der Waals surface area contributed by atoms with Gasteiger partial charge in [-0.15, -0.1) is 0 Å². The maximum Gasteiger partial charge on any atom is 0.262 e. The van der Waals surface area contributed by atoms with Gasteiger partial charge in [0.25, 0.3) is 5.91 Å². The first-order valence-electron chi connectivity index (χ1n) is 8.32. The lowest BCUT2D eigenvalue weighted by Crippen LogP contribution is -2.20. The molecule has 2 aromatic carbocycles. The van der Waals surface area contributed by atoms with Crippen molar-refractivity contribution in [1.82, 2.24) is 0 Å². The van der Waals surface area contributed by atoms with Crippen LogP contribution in [0, 0.1) is 5.92 Å². The van der Waals surface area contributed by atoms with E-state index in [2.05, 4.69) is 10.6 Å². The Bertz CT molecular complexity index is 818. The van der Waals surface area contributed by atoms with Gasteiger partial charge in [-0.2, -0.15) is 0 Å². The largest absolute Gasteiger partial charge is 0.495 e. The lowest BCUT2D eigenvalue weighted by atomic mass is 10.2. The first-order chi connectivity index (χ1) is 12.5. The molecule has 0 aromatic heterocycles. The molecule has 0 atom stereocenters. The van der Waals surface area contributed by atoms with Crippen LogP contribution >= 0.6 is 0 Å². The van der Waals surface area contributed by atoms with Gasteiger partial charge in [0.2, 0.25) is 5.91 Å². The fourth-order valence-corrected chi connectivity index (χ4v) is 2.41. The Morgan fingerprint density at radius 2 is 1.88 bits per heavy atom. The van der Waals surface area contributed by atoms with Crippen molar-refractivity contribution in [3.8, 4) is 11.5 Å². The van der Waals surface area contributed by atoms with Crippen LogP contribution in [0.1, 0.15) is 12.8 Å². The van der Waals surface area contributed by atoms with Gasteiger partial charge in [-0.3, -0.25) is 9.59 Å². The molecule has 0 aliphatic heterocycles. The van der Waals surface area contributed by atoms with E-state index in [4.69, 9.17) is 15.2 Å². The van der Waals surface area contributed by atoms with Gasteiger partial charge in [-0.1, -0.05) is 6.07 Å². The van der Waals surface area contributed by atoms with Gasteiger partial charge in [0.05, 0.1) is 12.8 Å². The molecule has 2 amide bonds. The number of anilines is 3. The number of amides is 2. The smallest absolute Gasteiger partial charge is 0.262 e. The number of rotatable bonds is 7. The molecule has 1 aliphatic carbocycles. The van der Waals surface area contributed by atoms with Crippen LogP contribution < -0.4 is 25.8 Å². The summed E-state index contributed by atoms with van der Waals surface area (Å²) >= 11 is 0. The van der Waals surface area contributed by atoms with E-state index in [1.165, 1.54) is 7.11 Å². The second-order valence-corrected chi connectivity index (χ2v) is 6.08. The van der Waals surface area contributed by atoms with Crippen molar-refractivity contribution in [3.63, 3.8) is 0 Å². The molecule has 2 aromatic rings. The lowest BCUT2D eigenvalue weighted by molar-refractivity contribution is -0.118. The number of carbonyl (C=O) groups is 2. The van der Waals surface area contributed by atoms with Gasteiger partial charge < -0.3 is 25.8 Å². The highest BCUT2D eigenvalue weighted by Gasteiger charge is 2.29. The van der Waals surface area contributed by atoms with Crippen LogP contribution in [0.4, 0.5) is 17.1 Å². The van der Waals surface area contributed by atoms with E-state index in [9.17, 15) is 9.59 Å². The fraction of sp³-hybridized carbons (Fsp3) is 0.263. The second-order valence-electron chi connectivity index (χ2n) is 6.08. The van der Waals surface area contributed by atoms with E-state index in [0.717, 1.165) is 12.8 Å². The number of benzene rings is 2. The molecule has 0 saturated heterocycles. The van der Waals surface area contributed by atoms with Crippen molar-refractivity contribution in [3.05, 3.63) is 42.5 Å². The van der Waals surface area contributed by atoms with E-state index < -0.39 is 0 Å². The van der Waals surface area contributed by atoms with Crippen molar-refractivity contribution in [1.29, 1.82) is 0 Å². The van der Waals surface area contributed by atoms with Crippen LogP contribution in [0.2, 0.25) is 0 Å². The maximum absolute atomic E-state index is 12.0. The maximum atomic E-state index is 12.0. The highest BCUT2D eigenvalue weighted by molar-refractivity contribution is 5.94. The Kier molecular flexibility index (Phi) is 5.26. The molecule has 7 nitrogen and oxygen atoms in total. The molecule has 1 aliphatic rings. The van der Waals surface area contributed by atoms with Gasteiger partial charge in [0.15, 0.2) is 6.61 Å². The standard InChI is InChI=1S/C19H21N3O4/c1-25-17-8-7-14(10-16(17)20)21-18(23)11-26-15-4-2-3-13(9-15)22-19(24)12-5-6-12/h2-4,7-10,12H,5-6,11,20H2,1H3,(H,21,23)(H,22,24). The Labute approximate surface area is 151 Å². The number of ether oxygens (including phenoxy) is 2. The molecule has 7 heteroatoms. The van der Waals surface area contributed by atoms with Gasteiger partial charge in [0.1, 0.15) is 11.5 Å². The van der Waals surface area contributed by atoms with E-state index >= 15 is 0 Å². The van der Waals surface area contributed by atoms with Crippen molar-refractivity contribution in [2.24, 2.45) is 5.92 Å². The number of nitrogen functional groups attached to an aromatic ring is 1. The Balaban J connectivity index is 1.52. The highest BCUT2D eigenvalue weighted by Crippen LogP contribution is 2.30. The third-order valence-electron chi connectivity index (χ3n) is 3.93. The minimum atomic E-state index is -0.318. The summed E-state index contributed by atoms with van der Waals surface area (Å²) < 4.78 is 10.6. The minimum Gasteiger partial charge on any atom is -0.495 e. The van der Waals surface area contributed by atoms with Gasteiger partial charge in [-0.25, -0.2) is 0 Å². The first-order valence-corrected chi connectivity index (χ1v) is 8.32. The number of methoxy groups -OCH3 is 1. The summed E-state index contributed by atoms with van der Waals surface area (Å²) in [6.45, 7) is -0.161. The monoisotopic (exact) mass is 355 g/mol. The van der Waals surface area contributed by atoms with Crippen LogP contribution in [0.5, 0.6) is 11.5 Å². The molecule has 4 N–H and O–H groups in total. The van der Waals surface area contributed by atoms with Crippen LogP contribution in [0.25, 0.3) is 0 Å². The summed E-state index contributed by atoms with van der Waals surface area (Å²) in [5.41, 5.74) is 7.46. The molecule has 0 unspecified atom stereocenters. The molecule has 0 radical (unpaired) electrons. The van der Waals surface area contributed by atoms with Crippen LogP contribution in [-0.2, 0) is 9.59 Å². The van der Waals surface area contributed by atoms with E-state index in [-0.39, 0.29) is 24.3 Å². The zero-order valence-corrected chi connectivity index (χ0v) is 14.5. The van der Waals surface area contributed by atoms with E-state index in [0.29, 0.717) is 28.6 Å².